The maximum atomic E-state index is 11.1. The van der Waals surface area contributed by atoms with Crippen LogP contribution in [-0.2, 0) is 9.53 Å². The van der Waals surface area contributed by atoms with Gasteiger partial charge in [0.15, 0.2) is 0 Å². The maximum absolute atomic E-state index is 11.1. The molecular formula is C11H24N2O2. The minimum atomic E-state index is 0.0562. The van der Waals surface area contributed by atoms with Gasteiger partial charge in [0.25, 0.3) is 0 Å². The second kappa shape index (κ2) is 9.93. The Balaban J connectivity index is 3.13. The zero-order valence-electron chi connectivity index (χ0n) is 10.1. The van der Waals surface area contributed by atoms with Gasteiger partial charge in [-0.05, 0) is 12.3 Å². The first kappa shape index (κ1) is 14.4. The van der Waals surface area contributed by atoms with Crippen LogP contribution in [0, 0.1) is 5.92 Å². The van der Waals surface area contributed by atoms with Gasteiger partial charge >= 0.3 is 0 Å². The van der Waals surface area contributed by atoms with Gasteiger partial charge in [0.1, 0.15) is 0 Å². The van der Waals surface area contributed by atoms with Crippen molar-refractivity contribution in [3.05, 3.63) is 0 Å². The Labute approximate surface area is 92.8 Å². The summed E-state index contributed by atoms with van der Waals surface area (Å²) in [7, 11) is 0. The zero-order chi connectivity index (χ0) is 11.5. The largest absolute Gasteiger partial charge is 0.380 e. The van der Waals surface area contributed by atoms with Gasteiger partial charge in [-0.25, -0.2) is 0 Å². The molecule has 0 atom stereocenters. The predicted molar refractivity (Wildman–Crippen MR) is 61.8 cm³/mol. The smallest absolute Gasteiger partial charge is 0.233 e. The molecule has 0 aliphatic heterocycles. The van der Waals surface area contributed by atoms with Crippen LogP contribution in [-0.4, -0.2) is 38.8 Å². The van der Waals surface area contributed by atoms with Crippen molar-refractivity contribution in [1.82, 2.24) is 10.6 Å². The van der Waals surface area contributed by atoms with Crippen molar-refractivity contribution in [2.24, 2.45) is 5.92 Å². The van der Waals surface area contributed by atoms with Gasteiger partial charge in [-0.2, -0.15) is 0 Å². The monoisotopic (exact) mass is 216 g/mol. The molecule has 0 aromatic rings. The van der Waals surface area contributed by atoms with Crippen LogP contribution >= 0.6 is 0 Å². The Morgan fingerprint density at radius 2 is 2.07 bits per heavy atom. The summed E-state index contributed by atoms with van der Waals surface area (Å²) in [5.74, 6) is 0.624. The molecule has 0 saturated heterocycles. The molecule has 4 heteroatoms. The van der Waals surface area contributed by atoms with E-state index < -0.39 is 0 Å². The third kappa shape index (κ3) is 11.3. The average molecular weight is 216 g/mol. The van der Waals surface area contributed by atoms with Gasteiger partial charge in [0.05, 0.1) is 13.2 Å². The van der Waals surface area contributed by atoms with Gasteiger partial charge in [0, 0.05) is 19.7 Å². The number of nitrogens with one attached hydrogen (secondary N) is 2. The van der Waals surface area contributed by atoms with E-state index in [1.54, 1.807) is 0 Å². The van der Waals surface area contributed by atoms with Crippen LogP contribution in [0.15, 0.2) is 0 Å². The molecule has 1 amide bonds. The molecule has 0 aromatic carbocycles. The van der Waals surface area contributed by atoms with Crippen molar-refractivity contribution in [3.8, 4) is 0 Å². The lowest BCUT2D eigenvalue weighted by atomic mass is 10.2. The van der Waals surface area contributed by atoms with Crippen molar-refractivity contribution in [2.45, 2.75) is 27.2 Å². The highest BCUT2D eigenvalue weighted by molar-refractivity contribution is 5.77. The van der Waals surface area contributed by atoms with Crippen LogP contribution < -0.4 is 10.6 Å². The summed E-state index contributed by atoms with van der Waals surface area (Å²) in [4.78, 5) is 11.1. The van der Waals surface area contributed by atoms with E-state index in [1.807, 2.05) is 6.92 Å². The first-order valence-corrected chi connectivity index (χ1v) is 5.72. The lowest BCUT2D eigenvalue weighted by molar-refractivity contribution is -0.120. The number of hydrogen-bond donors (Lipinski definition) is 2. The van der Waals surface area contributed by atoms with Crippen molar-refractivity contribution >= 4 is 5.91 Å². The number of carbonyl (C=O) groups is 1. The molecule has 0 aromatic heterocycles. The molecule has 15 heavy (non-hydrogen) atoms. The summed E-state index contributed by atoms with van der Waals surface area (Å²) in [5, 5.41) is 5.83. The van der Waals surface area contributed by atoms with Crippen LogP contribution in [0.25, 0.3) is 0 Å². The molecule has 0 unspecified atom stereocenters. The lowest BCUT2D eigenvalue weighted by Gasteiger charge is -2.08. The predicted octanol–water partition coefficient (Wildman–Crippen LogP) is 0.775. The average Bonchev–Trinajstić information content (AvgIpc) is 2.19. The summed E-state index contributed by atoms with van der Waals surface area (Å²) >= 11 is 0. The highest BCUT2D eigenvalue weighted by atomic mass is 16.5. The van der Waals surface area contributed by atoms with Crippen molar-refractivity contribution in [1.29, 1.82) is 0 Å². The normalized spacial score (nSPS) is 10.7. The second-order valence-corrected chi connectivity index (χ2v) is 4.00. The molecule has 0 radical (unpaired) electrons. The first-order valence-electron chi connectivity index (χ1n) is 5.72. The molecule has 0 bridgehead atoms. The van der Waals surface area contributed by atoms with E-state index in [1.165, 1.54) is 0 Å². The summed E-state index contributed by atoms with van der Waals surface area (Å²) < 4.78 is 5.36. The van der Waals surface area contributed by atoms with E-state index in [0.29, 0.717) is 19.1 Å². The molecule has 0 aliphatic carbocycles. The zero-order valence-corrected chi connectivity index (χ0v) is 10.1. The minimum Gasteiger partial charge on any atom is -0.380 e. The van der Waals surface area contributed by atoms with Gasteiger partial charge in [-0.15, -0.1) is 0 Å². The third-order valence-electron chi connectivity index (χ3n) is 1.73. The molecule has 0 aliphatic rings. The fourth-order valence-corrected chi connectivity index (χ4v) is 0.992. The standard InChI is InChI=1S/C11H24N2O2/c1-4-5-13-11(14)8-12-6-7-15-9-10(2)3/h10,12H,4-9H2,1-3H3,(H,13,14). The van der Waals surface area contributed by atoms with E-state index in [-0.39, 0.29) is 5.91 Å². The van der Waals surface area contributed by atoms with Gasteiger partial charge in [-0.3, -0.25) is 4.79 Å². The number of rotatable bonds is 9. The quantitative estimate of drug-likeness (QED) is 0.560. The van der Waals surface area contributed by atoms with Crippen LogP contribution in [0.1, 0.15) is 27.2 Å². The van der Waals surface area contributed by atoms with Crippen molar-refractivity contribution in [2.75, 3.05) is 32.8 Å². The topological polar surface area (TPSA) is 50.4 Å². The van der Waals surface area contributed by atoms with Crippen molar-refractivity contribution in [3.63, 3.8) is 0 Å². The van der Waals surface area contributed by atoms with Crippen molar-refractivity contribution < 1.29 is 9.53 Å². The number of carbonyl (C=O) groups excluding carboxylic acids is 1. The molecule has 0 rings (SSSR count). The lowest BCUT2D eigenvalue weighted by Crippen LogP contribution is -2.35. The molecule has 0 spiro atoms. The fourth-order valence-electron chi connectivity index (χ4n) is 0.992. The molecule has 90 valence electrons. The number of amides is 1. The molecular weight excluding hydrogens is 192 g/mol. The van der Waals surface area contributed by atoms with Gasteiger partial charge in [-0.1, -0.05) is 20.8 Å². The Morgan fingerprint density at radius 3 is 2.67 bits per heavy atom. The summed E-state index contributed by atoms with van der Waals surface area (Å²) in [6, 6.07) is 0. The molecule has 0 heterocycles. The van der Waals surface area contributed by atoms with Crippen LogP contribution in [0.5, 0.6) is 0 Å². The highest BCUT2D eigenvalue weighted by Gasteiger charge is 1.98. The Bertz CT molecular complexity index is 161. The van der Waals surface area contributed by atoms with Gasteiger partial charge in [0.2, 0.25) is 5.91 Å². The molecule has 0 fully saturated rings. The number of hydrogen-bond acceptors (Lipinski definition) is 3. The first-order chi connectivity index (χ1) is 7.16. The molecule has 4 nitrogen and oxygen atoms in total. The minimum absolute atomic E-state index is 0.0562. The molecule has 0 saturated carbocycles. The number of ether oxygens (including phenoxy) is 1. The van der Waals surface area contributed by atoms with Crippen LogP contribution in [0.3, 0.4) is 0 Å². The van der Waals surface area contributed by atoms with E-state index >= 15 is 0 Å². The molecule has 2 N–H and O–H groups in total. The van der Waals surface area contributed by atoms with Gasteiger partial charge < -0.3 is 15.4 Å². The van der Waals surface area contributed by atoms with E-state index in [0.717, 1.165) is 26.1 Å². The van der Waals surface area contributed by atoms with E-state index in [4.69, 9.17) is 4.74 Å². The van der Waals surface area contributed by atoms with Crippen LogP contribution in [0.4, 0.5) is 0 Å². The summed E-state index contributed by atoms with van der Waals surface area (Å²) in [6.45, 7) is 9.58. The highest BCUT2D eigenvalue weighted by Crippen LogP contribution is 1.90. The van der Waals surface area contributed by atoms with Crippen LogP contribution in [0.2, 0.25) is 0 Å². The second-order valence-electron chi connectivity index (χ2n) is 4.00. The Hall–Kier alpha value is -0.610. The summed E-state index contributed by atoms with van der Waals surface area (Å²) in [5.41, 5.74) is 0. The SMILES string of the molecule is CCCNC(=O)CNCCOCC(C)C. The Morgan fingerprint density at radius 1 is 1.33 bits per heavy atom. The Kier molecular flexibility index (Phi) is 9.52. The van der Waals surface area contributed by atoms with E-state index in [9.17, 15) is 4.79 Å². The van der Waals surface area contributed by atoms with E-state index in [2.05, 4.69) is 24.5 Å². The third-order valence-corrected chi connectivity index (χ3v) is 1.73. The fraction of sp³-hybridized carbons (Fsp3) is 0.909. The maximum Gasteiger partial charge on any atom is 0.233 e. The summed E-state index contributed by atoms with van der Waals surface area (Å²) in [6.07, 6.45) is 0.975.